The first-order valence-corrected chi connectivity index (χ1v) is 10.0. The molecule has 3 rings (SSSR count). The molecule has 10 heteroatoms. The van der Waals surface area contributed by atoms with Crippen molar-refractivity contribution < 1.29 is 31.5 Å². The zero-order chi connectivity index (χ0) is 20.2. The molecule has 152 valence electrons. The standard InChI is InChI=1S/C15H22N2O2S.C2HF3O2/c1-16-12-14-7-9-17(10-8-15(14)20(16,18)19)11-13-5-3-2-4-6-13;3-2(4,5)1(6)7/h2-6,14-15H,7-12H2,1H3;(H,6,7)/t14-,15-;/m1./s1. The monoisotopic (exact) mass is 408 g/mol. The summed E-state index contributed by atoms with van der Waals surface area (Å²) in [5, 5.41) is 6.97. The number of alkyl halides is 3. The average molecular weight is 408 g/mol. The van der Waals surface area contributed by atoms with Crippen LogP contribution in [0.25, 0.3) is 0 Å². The quantitative estimate of drug-likeness (QED) is 0.812. The summed E-state index contributed by atoms with van der Waals surface area (Å²) >= 11 is 0. The number of sulfonamides is 1. The fraction of sp³-hybridized carbons (Fsp3) is 0.588. The van der Waals surface area contributed by atoms with E-state index in [4.69, 9.17) is 9.90 Å². The van der Waals surface area contributed by atoms with Gasteiger partial charge in [-0.1, -0.05) is 30.3 Å². The van der Waals surface area contributed by atoms with Gasteiger partial charge in [0.1, 0.15) is 0 Å². The molecule has 2 fully saturated rings. The van der Waals surface area contributed by atoms with Crippen LogP contribution in [0.2, 0.25) is 0 Å². The molecule has 0 bridgehead atoms. The fourth-order valence-corrected chi connectivity index (χ4v) is 5.43. The van der Waals surface area contributed by atoms with Crippen molar-refractivity contribution >= 4 is 16.0 Å². The maximum atomic E-state index is 12.3. The molecular weight excluding hydrogens is 385 g/mol. The van der Waals surface area contributed by atoms with Gasteiger partial charge in [-0.05, 0) is 37.4 Å². The highest BCUT2D eigenvalue weighted by Gasteiger charge is 2.45. The normalized spacial score (nSPS) is 25.8. The number of rotatable bonds is 2. The Kier molecular flexibility index (Phi) is 6.87. The van der Waals surface area contributed by atoms with E-state index >= 15 is 0 Å². The number of carboxylic acids is 1. The Labute approximate surface area is 156 Å². The summed E-state index contributed by atoms with van der Waals surface area (Å²) in [4.78, 5) is 11.3. The van der Waals surface area contributed by atoms with Crippen LogP contribution in [0.1, 0.15) is 18.4 Å². The van der Waals surface area contributed by atoms with Crippen molar-refractivity contribution in [2.24, 2.45) is 5.92 Å². The van der Waals surface area contributed by atoms with E-state index in [1.165, 1.54) is 5.56 Å². The van der Waals surface area contributed by atoms with E-state index in [0.717, 1.165) is 32.5 Å². The molecule has 1 aromatic rings. The third-order valence-corrected chi connectivity index (χ3v) is 7.28. The van der Waals surface area contributed by atoms with Crippen molar-refractivity contribution in [1.29, 1.82) is 0 Å². The van der Waals surface area contributed by atoms with E-state index in [1.54, 1.807) is 11.4 Å². The van der Waals surface area contributed by atoms with Crippen LogP contribution in [-0.2, 0) is 21.4 Å². The highest BCUT2D eigenvalue weighted by atomic mass is 32.2. The van der Waals surface area contributed by atoms with Gasteiger partial charge in [0.15, 0.2) is 0 Å². The van der Waals surface area contributed by atoms with Crippen molar-refractivity contribution in [3.05, 3.63) is 35.9 Å². The van der Waals surface area contributed by atoms with Crippen LogP contribution >= 0.6 is 0 Å². The molecule has 2 atom stereocenters. The van der Waals surface area contributed by atoms with E-state index in [2.05, 4.69) is 29.2 Å². The average Bonchev–Trinajstić information content (AvgIpc) is 2.72. The smallest absolute Gasteiger partial charge is 0.475 e. The largest absolute Gasteiger partial charge is 0.490 e. The number of halogens is 3. The molecule has 1 N–H and O–H groups in total. The summed E-state index contributed by atoms with van der Waals surface area (Å²) in [7, 11) is -1.32. The molecule has 0 radical (unpaired) electrons. The third kappa shape index (κ3) is 5.66. The second-order valence-corrected chi connectivity index (χ2v) is 9.02. The van der Waals surface area contributed by atoms with Gasteiger partial charge in [-0.2, -0.15) is 13.2 Å². The highest BCUT2D eigenvalue weighted by molar-refractivity contribution is 7.90. The van der Waals surface area contributed by atoms with E-state index in [0.29, 0.717) is 12.5 Å². The van der Waals surface area contributed by atoms with Crippen LogP contribution in [0.3, 0.4) is 0 Å². The predicted molar refractivity (Wildman–Crippen MR) is 93.5 cm³/mol. The molecule has 6 nitrogen and oxygen atoms in total. The van der Waals surface area contributed by atoms with E-state index in [9.17, 15) is 21.6 Å². The molecule has 0 aliphatic carbocycles. The van der Waals surface area contributed by atoms with Crippen LogP contribution < -0.4 is 0 Å². The van der Waals surface area contributed by atoms with Crippen molar-refractivity contribution in [3.8, 4) is 0 Å². The van der Waals surface area contributed by atoms with Crippen molar-refractivity contribution in [1.82, 2.24) is 9.21 Å². The first kappa shape index (κ1) is 21.6. The Morgan fingerprint density at radius 3 is 2.30 bits per heavy atom. The Hall–Kier alpha value is -1.65. The Morgan fingerprint density at radius 2 is 1.74 bits per heavy atom. The summed E-state index contributed by atoms with van der Waals surface area (Å²) in [5.74, 6) is -2.45. The molecule has 2 aliphatic rings. The van der Waals surface area contributed by atoms with Gasteiger partial charge >= 0.3 is 12.1 Å². The number of fused-ring (bicyclic) bond motifs is 1. The van der Waals surface area contributed by atoms with Crippen molar-refractivity contribution in [3.63, 3.8) is 0 Å². The molecule has 0 amide bonds. The number of aliphatic carboxylic acids is 1. The molecule has 0 unspecified atom stereocenters. The van der Waals surface area contributed by atoms with Gasteiger partial charge in [-0.15, -0.1) is 0 Å². The van der Waals surface area contributed by atoms with Crippen LogP contribution in [0.5, 0.6) is 0 Å². The van der Waals surface area contributed by atoms with Crippen LogP contribution in [0, 0.1) is 5.92 Å². The molecular formula is C17H23F3N2O4S. The second-order valence-electron chi connectivity index (χ2n) is 6.77. The summed E-state index contributed by atoms with van der Waals surface area (Å²) in [6, 6.07) is 10.4. The van der Waals surface area contributed by atoms with Crippen molar-refractivity contribution in [2.45, 2.75) is 30.8 Å². The Bertz CT molecular complexity index is 740. The number of hydrogen-bond acceptors (Lipinski definition) is 4. The summed E-state index contributed by atoms with van der Waals surface area (Å²) in [5.41, 5.74) is 1.31. The lowest BCUT2D eigenvalue weighted by Crippen LogP contribution is -2.29. The maximum absolute atomic E-state index is 12.3. The molecule has 2 saturated heterocycles. The summed E-state index contributed by atoms with van der Waals surface area (Å²) in [6.45, 7) is 3.50. The lowest BCUT2D eigenvalue weighted by molar-refractivity contribution is -0.192. The van der Waals surface area contributed by atoms with Crippen molar-refractivity contribution in [2.75, 3.05) is 26.7 Å². The summed E-state index contributed by atoms with van der Waals surface area (Å²) < 4.78 is 57.8. The number of carbonyl (C=O) groups is 1. The van der Waals surface area contributed by atoms with Crippen LogP contribution in [0.15, 0.2) is 30.3 Å². The molecule has 0 aromatic heterocycles. The van der Waals surface area contributed by atoms with Crippen LogP contribution in [0.4, 0.5) is 13.2 Å². The van der Waals surface area contributed by atoms with Gasteiger partial charge in [0.25, 0.3) is 0 Å². The topological polar surface area (TPSA) is 77.9 Å². The molecule has 1 aromatic carbocycles. The minimum absolute atomic E-state index is 0.159. The fourth-order valence-electron chi connectivity index (χ4n) is 3.46. The predicted octanol–water partition coefficient (Wildman–Crippen LogP) is 2.18. The first-order chi connectivity index (χ1) is 12.5. The summed E-state index contributed by atoms with van der Waals surface area (Å²) in [6.07, 6.45) is -3.33. The number of carboxylic acid groups (broad SMARTS) is 1. The van der Waals surface area contributed by atoms with Gasteiger partial charge in [-0.25, -0.2) is 17.5 Å². The third-order valence-electron chi connectivity index (χ3n) is 4.87. The Balaban J connectivity index is 0.000000321. The molecule has 0 saturated carbocycles. The zero-order valence-corrected chi connectivity index (χ0v) is 15.7. The number of benzene rings is 1. The number of hydrogen-bond donors (Lipinski definition) is 1. The number of likely N-dealkylation sites (tertiary alicyclic amines) is 1. The van der Waals surface area contributed by atoms with E-state index in [-0.39, 0.29) is 5.25 Å². The van der Waals surface area contributed by atoms with Gasteiger partial charge in [0.2, 0.25) is 10.0 Å². The molecule has 27 heavy (non-hydrogen) atoms. The highest BCUT2D eigenvalue weighted by Crippen LogP contribution is 2.33. The van der Waals surface area contributed by atoms with Gasteiger partial charge < -0.3 is 5.11 Å². The minimum atomic E-state index is -5.08. The molecule has 2 heterocycles. The van der Waals surface area contributed by atoms with Gasteiger partial charge in [-0.3, -0.25) is 4.90 Å². The number of nitrogens with zero attached hydrogens (tertiary/aromatic N) is 2. The molecule has 0 spiro atoms. The van der Waals surface area contributed by atoms with Gasteiger partial charge in [0.05, 0.1) is 5.25 Å². The lowest BCUT2D eigenvalue weighted by Gasteiger charge is -2.21. The maximum Gasteiger partial charge on any atom is 0.490 e. The minimum Gasteiger partial charge on any atom is -0.475 e. The van der Waals surface area contributed by atoms with Gasteiger partial charge in [0, 0.05) is 20.1 Å². The zero-order valence-electron chi connectivity index (χ0n) is 14.9. The second kappa shape index (κ2) is 8.57. The SMILES string of the molecule is CN1C[C@H]2CCN(Cc3ccccc3)CC[C@H]2S1(=O)=O.O=C(O)C(F)(F)F. The lowest BCUT2D eigenvalue weighted by atomic mass is 10.0. The first-order valence-electron chi connectivity index (χ1n) is 8.53. The van der Waals surface area contributed by atoms with E-state index < -0.39 is 22.2 Å². The van der Waals surface area contributed by atoms with E-state index in [1.807, 2.05) is 6.07 Å². The Morgan fingerprint density at radius 1 is 1.19 bits per heavy atom. The molecule has 2 aliphatic heterocycles. The van der Waals surface area contributed by atoms with Crippen LogP contribution in [-0.4, -0.2) is 66.8 Å².